The Morgan fingerprint density at radius 3 is 2.53 bits per heavy atom. The van der Waals surface area contributed by atoms with E-state index >= 15 is 0 Å². The van der Waals surface area contributed by atoms with Crippen molar-refractivity contribution in [3.05, 3.63) is 0 Å². The zero-order chi connectivity index (χ0) is 12.6. The average molecular weight is 238 g/mol. The standard InChI is InChI=1S/C15H30N2/c1-6-13-7-8-14(12(13)3)17-10-15(4,5)16-9-11(17)2/h11-14,16H,6-10H2,1-5H3. The normalized spacial score (nSPS) is 42.9. The van der Waals surface area contributed by atoms with Crippen molar-refractivity contribution in [2.75, 3.05) is 13.1 Å². The quantitative estimate of drug-likeness (QED) is 0.796. The molecule has 0 aromatic heterocycles. The van der Waals surface area contributed by atoms with Crippen LogP contribution in [0.2, 0.25) is 0 Å². The maximum atomic E-state index is 3.66. The molecule has 2 aliphatic rings. The number of hydrogen-bond donors (Lipinski definition) is 1. The summed E-state index contributed by atoms with van der Waals surface area (Å²) < 4.78 is 0. The second-order valence-electron chi connectivity index (χ2n) is 6.96. The molecule has 1 saturated heterocycles. The summed E-state index contributed by atoms with van der Waals surface area (Å²) in [6.07, 6.45) is 4.22. The van der Waals surface area contributed by atoms with Crippen molar-refractivity contribution in [2.45, 2.75) is 71.5 Å². The Hall–Kier alpha value is -0.0800. The van der Waals surface area contributed by atoms with Crippen molar-refractivity contribution in [3.63, 3.8) is 0 Å². The molecule has 1 aliphatic carbocycles. The summed E-state index contributed by atoms with van der Waals surface area (Å²) in [4.78, 5) is 2.79. The molecule has 17 heavy (non-hydrogen) atoms. The third-order valence-electron chi connectivity index (χ3n) is 5.15. The van der Waals surface area contributed by atoms with Gasteiger partial charge in [0.05, 0.1) is 0 Å². The van der Waals surface area contributed by atoms with Crippen LogP contribution in [0.15, 0.2) is 0 Å². The van der Waals surface area contributed by atoms with Gasteiger partial charge in [0, 0.05) is 30.7 Å². The first-order valence-electron chi connectivity index (χ1n) is 7.45. The van der Waals surface area contributed by atoms with E-state index in [-0.39, 0.29) is 5.54 Å². The van der Waals surface area contributed by atoms with E-state index in [1.54, 1.807) is 0 Å². The molecular formula is C15H30N2. The summed E-state index contributed by atoms with van der Waals surface area (Å²) in [6.45, 7) is 14.2. The number of nitrogens with zero attached hydrogens (tertiary/aromatic N) is 1. The van der Waals surface area contributed by atoms with E-state index in [1.165, 1.54) is 25.8 Å². The highest BCUT2D eigenvalue weighted by molar-refractivity contribution is 4.97. The molecule has 1 N–H and O–H groups in total. The highest BCUT2D eigenvalue weighted by atomic mass is 15.3. The Morgan fingerprint density at radius 1 is 1.24 bits per heavy atom. The van der Waals surface area contributed by atoms with Gasteiger partial charge in [0.15, 0.2) is 0 Å². The fraction of sp³-hybridized carbons (Fsp3) is 1.00. The van der Waals surface area contributed by atoms with Crippen LogP contribution in [-0.4, -0.2) is 35.6 Å². The molecule has 4 unspecified atom stereocenters. The van der Waals surface area contributed by atoms with Crippen LogP contribution in [0.5, 0.6) is 0 Å². The highest BCUT2D eigenvalue weighted by Gasteiger charge is 2.41. The van der Waals surface area contributed by atoms with Crippen molar-refractivity contribution in [3.8, 4) is 0 Å². The second kappa shape index (κ2) is 4.89. The highest BCUT2D eigenvalue weighted by Crippen LogP contribution is 2.38. The van der Waals surface area contributed by atoms with Crippen LogP contribution >= 0.6 is 0 Å². The van der Waals surface area contributed by atoms with E-state index in [0.717, 1.165) is 24.4 Å². The summed E-state index contributed by atoms with van der Waals surface area (Å²) in [5.74, 6) is 1.85. The topological polar surface area (TPSA) is 15.3 Å². The van der Waals surface area contributed by atoms with Gasteiger partial charge in [0.2, 0.25) is 0 Å². The first kappa shape index (κ1) is 13.4. The first-order valence-corrected chi connectivity index (χ1v) is 7.45. The van der Waals surface area contributed by atoms with Gasteiger partial charge in [0.1, 0.15) is 0 Å². The van der Waals surface area contributed by atoms with E-state index in [1.807, 2.05) is 0 Å². The fourth-order valence-corrected chi connectivity index (χ4v) is 3.92. The van der Waals surface area contributed by atoms with Gasteiger partial charge in [-0.3, -0.25) is 4.90 Å². The molecule has 0 bridgehead atoms. The lowest BCUT2D eigenvalue weighted by atomic mass is 9.90. The first-order chi connectivity index (χ1) is 7.94. The van der Waals surface area contributed by atoms with Crippen LogP contribution < -0.4 is 5.32 Å². The molecule has 2 nitrogen and oxygen atoms in total. The fourth-order valence-electron chi connectivity index (χ4n) is 3.92. The number of rotatable bonds is 2. The molecule has 0 aromatic carbocycles. The Morgan fingerprint density at radius 2 is 1.94 bits per heavy atom. The van der Waals surface area contributed by atoms with Crippen LogP contribution in [0.3, 0.4) is 0 Å². The van der Waals surface area contributed by atoms with Crippen molar-refractivity contribution >= 4 is 0 Å². The van der Waals surface area contributed by atoms with E-state index in [9.17, 15) is 0 Å². The third-order valence-corrected chi connectivity index (χ3v) is 5.15. The van der Waals surface area contributed by atoms with Crippen LogP contribution in [0.25, 0.3) is 0 Å². The molecule has 0 spiro atoms. The van der Waals surface area contributed by atoms with Crippen LogP contribution in [-0.2, 0) is 0 Å². The summed E-state index contributed by atoms with van der Waals surface area (Å²) in [5, 5.41) is 3.66. The Kier molecular flexibility index (Phi) is 3.84. The minimum Gasteiger partial charge on any atom is -0.309 e. The van der Waals surface area contributed by atoms with Gasteiger partial charge in [-0.05, 0) is 45.4 Å². The van der Waals surface area contributed by atoms with Gasteiger partial charge in [-0.2, -0.15) is 0 Å². The van der Waals surface area contributed by atoms with E-state index < -0.39 is 0 Å². The molecule has 2 rings (SSSR count). The van der Waals surface area contributed by atoms with Gasteiger partial charge in [-0.15, -0.1) is 0 Å². The van der Waals surface area contributed by atoms with Crippen LogP contribution in [0.1, 0.15) is 53.9 Å². The molecule has 100 valence electrons. The lowest BCUT2D eigenvalue weighted by molar-refractivity contribution is 0.0441. The zero-order valence-corrected chi connectivity index (χ0v) is 12.3. The van der Waals surface area contributed by atoms with Gasteiger partial charge in [-0.25, -0.2) is 0 Å². The number of hydrogen-bond acceptors (Lipinski definition) is 2. The summed E-state index contributed by atoms with van der Waals surface area (Å²) in [7, 11) is 0. The van der Waals surface area contributed by atoms with Crippen LogP contribution in [0, 0.1) is 11.8 Å². The summed E-state index contributed by atoms with van der Waals surface area (Å²) in [5.41, 5.74) is 0.288. The van der Waals surface area contributed by atoms with Crippen molar-refractivity contribution in [2.24, 2.45) is 11.8 Å². The number of piperazine rings is 1. The SMILES string of the molecule is CCC1CCC(N2CC(C)(C)NCC2C)C1C. The Labute approximate surface area is 107 Å². The van der Waals surface area contributed by atoms with E-state index in [2.05, 4.69) is 44.8 Å². The van der Waals surface area contributed by atoms with Crippen molar-refractivity contribution < 1.29 is 0 Å². The molecule has 0 aromatic rings. The maximum absolute atomic E-state index is 3.66. The Bertz CT molecular complexity index is 262. The zero-order valence-electron chi connectivity index (χ0n) is 12.3. The Balaban J connectivity index is 2.05. The van der Waals surface area contributed by atoms with Crippen LogP contribution in [0.4, 0.5) is 0 Å². The molecule has 0 amide bonds. The van der Waals surface area contributed by atoms with Gasteiger partial charge >= 0.3 is 0 Å². The molecular weight excluding hydrogens is 208 g/mol. The lowest BCUT2D eigenvalue weighted by Gasteiger charge is -2.47. The predicted octanol–water partition coefficient (Wildman–Crippen LogP) is 2.88. The van der Waals surface area contributed by atoms with Crippen molar-refractivity contribution in [1.82, 2.24) is 10.2 Å². The molecule has 1 heterocycles. The molecule has 2 fully saturated rings. The second-order valence-corrected chi connectivity index (χ2v) is 6.96. The summed E-state index contributed by atoms with van der Waals surface area (Å²) in [6, 6.07) is 1.53. The number of nitrogens with one attached hydrogen (secondary N) is 1. The predicted molar refractivity (Wildman–Crippen MR) is 74.2 cm³/mol. The largest absolute Gasteiger partial charge is 0.309 e. The minimum atomic E-state index is 0.288. The minimum absolute atomic E-state index is 0.288. The third kappa shape index (κ3) is 2.68. The van der Waals surface area contributed by atoms with Gasteiger partial charge in [0.25, 0.3) is 0 Å². The monoisotopic (exact) mass is 238 g/mol. The molecule has 1 saturated carbocycles. The average Bonchev–Trinajstić information content (AvgIpc) is 2.63. The molecule has 0 radical (unpaired) electrons. The van der Waals surface area contributed by atoms with Gasteiger partial charge < -0.3 is 5.32 Å². The van der Waals surface area contributed by atoms with Crippen molar-refractivity contribution in [1.29, 1.82) is 0 Å². The van der Waals surface area contributed by atoms with E-state index in [0.29, 0.717) is 6.04 Å². The van der Waals surface area contributed by atoms with E-state index in [4.69, 9.17) is 0 Å². The molecule has 2 heteroatoms. The molecule has 1 aliphatic heterocycles. The molecule has 4 atom stereocenters. The smallest absolute Gasteiger partial charge is 0.0253 e. The summed E-state index contributed by atoms with van der Waals surface area (Å²) >= 11 is 0. The lowest BCUT2D eigenvalue weighted by Crippen LogP contribution is -2.63. The van der Waals surface area contributed by atoms with Gasteiger partial charge in [-0.1, -0.05) is 20.3 Å². The maximum Gasteiger partial charge on any atom is 0.0253 e.